The summed E-state index contributed by atoms with van der Waals surface area (Å²) in [5.41, 5.74) is 1.50. The maximum absolute atomic E-state index is 12.1. The number of nitrogens with one attached hydrogen (secondary N) is 2. The molecule has 2 aliphatic heterocycles. The number of carbonyl (C=O) groups is 2. The van der Waals surface area contributed by atoms with Crippen LogP contribution in [0.2, 0.25) is 0 Å². The van der Waals surface area contributed by atoms with E-state index in [2.05, 4.69) is 10.6 Å². The van der Waals surface area contributed by atoms with Crippen molar-refractivity contribution >= 4 is 17.5 Å². The third-order valence-corrected chi connectivity index (χ3v) is 4.00. The first-order chi connectivity index (χ1) is 12.2. The third-order valence-electron chi connectivity index (χ3n) is 4.00. The van der Waals surface area contributed by atoms with Crippen molar-refractivity contribution < 1.29 is 23.8 Å². The van der Waals surface area contributed by atoms with Crippen LogP contribution >= 0.6 is 0 Å². The second kappa shape index (κ2) is 6.35. The van der Waals surface area contributed by atoms with Crippen LogP contribution in [0.3, 0.4) is 0 Å². The highest BCUT2D eigenvalue weighted by Gasteiger charge is 2.29. The average molecular weight is 340 g/mol. The molecule has 2 aromatic rings. The molecule has 2 amide bonds. The quantitative estimate of drug-likeness (QED) is 0.887. The highest BCUT2D eigenvalue weighted by atomic mass is 16.7. The Labute approximate surface area is 143 Å². The standard InChI is InChI=1S/C18H16N2O5/c21-17(19-9-11-5-6-14-15(7-11)24-10-23-14)8-16-18(22)20-12-3-1-2-4-13(12)25-16/h1-7,16H,8-10H2,(H,19,21)(H,20,22)/t16-/m1/s1. The first-order valence-corrected chi connectivity index (χ1v) is 7.91. The van der Waals surface area contributed by atoms with Gasteiger partial charge in [-0.3, -0.25) is 9.59 Å². The molecule has 7 heteroatoms. The molecule has 0 saturated carbocycles. The Morgan fingerprint density at radius 2 is 1.96 bits per heavy atom. The Balaban J connectivity index is 1.34. The van der Waals surface area contributed by atoms with E-state index in [4.69, 9.17) is 14.2 Å². The van der Waals surface area contributed by atoms with Gasteiger partial charge in [0.25, 0.3) is 5.91 Å². The fraction of sp³-hybridized carbons (Fsp3) is 0.222. The number of rotatable bonds is 4. The van der Waals surface area contributed by atoms with Crippen molar-refractivity contribution in [3.63, 3.8) is 0 Å². The summed E-state index contributed by atoms with van der Waals surface area (Å²) in [6.07, 6.45) is -0.892. The summed E-state index contributed by atoms with van der Waals surface area (Å²) in [6, 6.07) is 12.6. The molecular weight excluding hydrogens is 324 g/mol. The molecule has 4 rings (SSSR count). The fourth-order valence-electron chi connectivity index (χ4n) is 2.72. The highest BCUT2D eigenvalue weighted by Crippen LogP contribution is 2.32. The van der Waals surface area contributed by atoms with E-state index < -0.39 is 6.10 Å². The summed E-state index contributed by atoms with van der Waals surface area (Å²) in [4.78, 5) is 24.2. The molecule has 0 fully saturated rings. The zero-order valence-corrected chi connectivity index (χ0v) is 13.3. The van der Waals surface area contributed by atoms with E-state index in [0.29, 0.717) is 29.5 Å². The molecule has 0 unspecified atom stereocenters. The van der Waals surface area contributed by atoms with Gasteiger partial charge in [-0.15, -0.1) is 0 Å². The molecule has 2 aromatic carbocycles. The van der Waals surface area contributed by atoms with Crippen molar-refractivity contribution in [3.8, 4) is 17.2 Å². The molecular formula is C18H16N2O5. The van der Waals surface area contributed by atoms with E-state index in [0.717, 1.165) is 5.56 Å². The van der Waals surface area contributed by atoms with Crippen LogP contribution in [0, 0.1) is 0 Å². The Hall–Kier alpha value is -3.22. The summed E-state index contributed by atoms with van der Waals surface area (Å²) in [7, 11) is 0. The molecule has 1 atom stereocenters. The molecule has 25 heavy (non-hydrogen) atoms. The van der Waals surface area contributed by atoms with E-state index >= 15 is 0 Å². The minimum absolute atomic E-state index is 0.0509. The van der Waals surface area contributed by atoms with Crippen molar-refractivity contribution in [3.05, 3.63) is 48.0 Å². The lowest BCUT2D eigenvalue weighted by Crippen LogP contribution is -2.40. The minimum Gasteiger partial charge on any atom is -0.478 e. The van der Waals surface area contributed by atoms with Crippen LogP contribution in [0.5, 0.6) is 17.2 Å². The second-order valence-electron chi connectivity index (χ2n) is 5.76. The van der Waals surface area contributed by atoms with Gasteiger partial charge >= 0.3 is 0 Å². The Morgan fingerprint density at radius 1 is 1.12 bits per heavy atom. The summed E-state index contributed by atoms with van der Waals surface area (Å²) in [5.74, 6) is 1.34. The van der Waals surface area contributed by atoms with Gasteiger partial charge < -0.3 is 24.8 Å². The molecule has 2 aliphatic rings. The minimum atomic E-state index is -0.841. The highest BCUT2D eigenvalue weighted by molar-refractivity contribution is 5.99. The van der Waals surface area contributed by atoms with Gasteiger partial charge in [-0.2, -0.15) is 0 Å². The number of amides is 2. The smallest absolute Gasteiger partial charge is 0.266 e. The van der Waals surface area contributed by atoms with Gasteiger partial charge in [0.2, 0.25) is 12.7 Å². The number of hydrogen-bond acceptors (Lipinski definition) is 5. The number of anilines is 1. The van der Waals surface area contributed by atoms with Crippen molar-refractivity contribution in [2.24, 2.45) is 0 Å². The van der Waals surface area contributed by atoms with E-state index in [9.17, 15) is 9.59 Å². The van der Waals surface area contributed by atoms with Crippen LogP contribution in [0.25, 0.3) is 0 Å². The lowest BCUT2D eigenvalue weighted by Gasteiger charge is -2.25. The van der Waals surface area contributed by atoms with Crippen LogP contribution < -0.4 is 24.8 Å². The Bertz CT molecular complexity index is 836. The van der Waals surface area contributed by atoms with Gasteiger partial charge in [0.1, 0.15) is 5.75 Å². The summed E-state index contributed by atoms with van der Waals surface area (Å²) < 4.78 is 16.2. The maximum atomic E-state index is 12.1. The molecule has 128 valence electrons. The number of fused-ring (bicyclic) bond motifs is 2. The maximum Gasteiger partial charge on any atom is 0.266 e. The van der Waals surface area contributed by atoms with Crippen molar-refractivity contribution in [1.29, 1.82) is 0 Å². The van der Waals surface area contributed by atoms with Crippen LogP contribution in [0.15, 0.2) is 42.5 Å². The largest absolute Gasteiger partial charge is 0.478 e. The van der Waals surface area contributed by atoms with Crippen LogP contribution in [-0.2, 0) is 16.1 Å². The van der Waals surface area contributed by atoms with E-state index in [1.54, 1.807) is 24.3 Å². The second-order valence-corrected chi connectivity index (χ2v) is 5.76. The normalized spacial score (nSPS) is 17.3. The van der Waals surface area contributed by atoms with Crippen molar-refractivity contribution in [2.75, 3.05) is 12.1 Å². The molecule has 0 aliphatic carbocycles. The van der Waals surface area contributed by atoms with Crippen molar-refractivity contribution in [1.82, 2.24) is 5.32 Å². The van der Waals surface area contributed by atoms with E-state index in [-0.39, 0.29) is 25.0 Å². The van der Waals surface area contributed by atoms with Gasteiger partial charge in [-0.05, 0) is 29.8 Å². The van der Waals surface area contributed by atoms with Gasteiger partial charge in [0.05, 0.1) is 12.1 Å². The number of hydrogen-bond donors (Lipinski definition) is 2. The SMILES string of the molecule is O=C(C[C@H]1Oc2ccccc2NC1=O)NCc1ccc2c(c1)OCO2. The van der Waals surface area contributed by atoms with Gasteiger partial charge in [-0.25, -0.2) is 0 Å². The average Bonchev–Trinajstić information content (AvgIpc) is 3.08. The lowest BCUT2D eigenvalue weighted by molar-refractivity contribution is -0.130. The van der Waals surface area contributed by atoms with Gasteiger partial charge in [0, 0.05) is 6.54 Å². The summed E-state index contributed by atoms with van der Waals surface area (Å²) in [5, 5.41) is 5.53. The Kier molecular flexibility index (Phi) is 3.89. The zero-order chi connectivity index (χ0) is 17.2. The first-order valence-electron chi connectivity index (χ1n) is 7.91. The summed E-state index contributed by atoms with van der Waals surface area (Å²) >= 11 is 0. The molecule has 0 aromatic heterocycles. The van der Waals surface area contributed by atoms with Gasteiger partial charge in [-0.1, -0.05) is 18.2 Å². The zero-order valence-electron chi connectivity index (χ0n) is 13.3. The molecule has 2 heterocycles. The predicted octanol–water partition coefficient (Wildman–Crippen LogP) is 1.82. The predicted molar refractivity (Wildman–Crippen MR) is 88.5 cm³/mol. The molecule has 0 spiro atoms. The summed E-state index contributed by atoms with van der Waals surface area (Å²) in [6.45, 7) is 0.543. The molecule has 0 radical (unpaired) electrons. The lowest BCUT2D eigenvalue weighted by atomic mass is 10.1. The Morgan fingerprint density at radius 3 is 2.88 bits per heavy atom. The van der Waals surface area contributed by atoms with Gasteiger partial charge in [0.15, 0.2) is 17.6 Å². The van der Waals surface area contributed by atoms with E-state index in [1.165, 1.54) is 0 Å². The molecule has 0 bridgehead atoms. The van der Waals surface area contributed by atoms with Crippen LogP contribution in [-0.4, -0.2) is 24.7 Å². The van der Waals surface area contributed by atoms with Crippen molar-refractivity contribution in [2.45, 2.75) is 19.1 Å². The van der Waals surface area contributed by atoms with Crippen LogP contribution in [0.1, 0.15) is 12.0 Å². The number of carbonyl (C=O) groups excluding carboxylic acids is 2. The number of para-hydroxylation sites is 2. The first kappa shape index (κ1) is 15.3. The topological polar surface area (TPSA) is 85.9 Å². The van der Waals surface area contributed by atoms with E-state index in [1.807, 2.05) is 18.2 Å². The molecule has 2 N–H and O–H groups in total. The third kappa shape index (κ3) is 3.21. The fourth-order valence-corrected chi connectivity index (χ4v) is 2.72. The molecule has 7 nitrogen and oxygen atoms in total. The number of ether oxygens (including phenoxy) is 3. The number of benzene rings is 2. The van der Waals surface area contributed by atoms with Crippen LogP contribution in [0.4, 0.5) is 5.69 Å². The monoisotopic (exact) mass is 340 g/mol. The molecule has 0 saturated heterocycles.